The number of ether oxygens (including phenoxy) is 1. The van der Waals surface area contributed by atoms with E-state index in [1.165, 1.54) is 0 Å². The van der Waals surface area contributed by atoms with Gasteiger partial charge < -0.3 is 9.84 Å². The summed E-state index contributed by atoms with van der Waals surface area (Å²) < 4.78 is 5.11. The van der Waals surface area contributed by atoms with E-state index < -0.39 is 5.97 Å². The Hall–Kier alpha value is -0.900. The van der Waals surface area contributed by atoms with Crippen molar-refractivity contribution < 1.29 is 19.4 Å². The van der Waals surface area contributed by atoms with Crippen LogP contribution in [0.5, 0.6) is 0 Å². The molecule has 1 saturated heterocycles. The van der Waals surface area contributed by atoms with Crippen LogP contribution in [0.2, 0.25) is 0 Å². The zero-order valence-electron chi connectivity index (χ0n) is 7.49. The Labute approximate surface area is 76.9 Å². The van der Waals surface area contributed by atoms with Gasteiger partial charge in [0.25, 0.3) is 0 Å². The van der Waals surface area contributed by atoms with Crippen molar-refractivity contribution in [3.63, 3.8) is 0 Å². The van der Waals surface area contributed by atoms with Crippen molar-refractivity contribution in [2.75, 3.05) is 13.2 Å². The van der Waals surface area contributed by atoms with Gasteiger partial charge in [-0.1, -0.05) is 0 Å². The standard InChI is InChI=1S/C9H14O4/c10-8(1-2-9(11)12)7-3-5-13-6-4-7/h7H,1-6H2,(H,11,12). The van der Waals surface area contributed by atoms with Crippen LogP contribution in [-0.2, 0) is 14.3 Å². The molecule has 1 N–H and O–H groups in total. The van der Waals surface area contributed by atoms with Gasteiger partial charge in [0.15, 0.2) is 0 Å². The van der Waals surface area contributed by atoms with E-state index in [4.69, 9.17) is 9.84 Å². The average Bonchev–Trinajstić information content (AvgIpc) is 2.15. The SMILES string of the molecule is O=C(O)CCC(=O)C1CCOCC1. The molecule has 1 fully saturated rings. The second-order valence-corrected chi connectivity index (χ2v) is 3.25. The van der Waals surface area contributed by atoms with Gasteiger partial charge in [-0.15, -0.1) is 0 Å². The molecule has 4 nitrogen and oxygen atoms in total. The number of rotatable bonds is 4. The van der Waals surface area contributed by atoms with Crippen molar-refractivity contribution in [3.05, 3.63) is 0 Å². The lowest BCUT2D eigenvalue weighted by molar-refractivity contribution is -0.139. The van der Waals surface area contributed by atoms with Crippen molar-refractivity contribution in [3.8, 4) is 0 Å². The van der Waals surface area contributed by atoms with E-state index in [9.17, 15) is 9.59 Å². The van der Waals surface area contributed by atoms with Crippen molar-refractivity contribution in [1.29, 1.82) is 0 Å². The summed E-state index contributed by atoms with van der Waals surface area (Å²) >= 11 is 0. The van der Waals surface area contributed by atoms with Crippen molar-refractivity contribution in [2.45, 2.75) is 25.7 Å². The molecule has 1 rings (SSSR count). The van der Waals surface area contributed by atoms with Crippen LogP contribution < -0.4 is 0 Å². The maximum absolute atomic E-state index is 11.4. The molecule has 0 amide bonds. The minimum Gasteiger partial charge on any atom is -0.481 e. The Balaban J connectivity index is 2.25. The highest BCUT2D eigenvalue weighted by Crippen LogP contribution is 2.17. The van der Waals surface area contributed by atoms with E-state index in [-0.39, 0.29) is 24.5 Å². The predicted octanol–water partition coefficient (Wildman–Crippen LogP) is 0.847. The summed E-state index contributed by atoms with van der Waals surface area (Å²) in [7, 11) is 0. The number of ketones is 1. The third kappa shape index (κ3) is 3.55. The zero-order chi connectivity index (χ0) is 9.68. The Morgan fingerprint density at radius 1 is 1.23 bits per heavy atom. The Bertz CT molecular complexity index is 194. The van der Waals surface area contributed by atoms with E-state index in [1.54, 1.807) is 0 Å². The average molecular weight is 186 g/mol. The van der Waals surface area contributed by atoms with Gasteiger partial charge in [-0.3, -0.25) is 9.59 Å². The fourth-order valence-corrected chi connectivity index (χ4v) is 1.45. The minimum atomic E-state index is -0.902. The van der Waals surface area contributed by atoms with Gasteiger partial charge >= 0.3 is 5.97 Å². The molecule has 74 valence electrons. The lowest BCUT2D eigenvalue weighted by Gasteiger charge is -2.20. The molecular formula is C9H14O4. The molecule has 0 atom stereocenters. The summed E-state index contributed by atoms with van der Waals surface area (Å²) in [5, 5.41) is 8.38. The Morgan fingerprint density at radius 2 is 1.85 bits per heavy atom. The molecule has 1 aliphatic heterocycles. The smallest absolute Gasteiger partial charge is 0.303 e. The molecule has 0 aliphatic carbocycles. The second-order valence-electron chi connectivity index (χ2n) is 3.25. The van der Waals surface area contributed by atoms with Crippen LogP contribution in [-0.4, -0.2) is 30.1 Å². The van der Waals surface area contributed by atoms with Gasteiger partial charge in [0.2, 0.25) is 0 Å². The third-order valence-corrected chi connectivity index (χ3v) is 2.26. The summed E-state index contributed by atoms with van der Waals surface area (Å²) in [6.07, 6.45) is 1.62. The van der Waals surface area contributed by atoms with Gasteiger partial charge in [0.05, 0.1) is 6.42 Å². The molecule has 0 aromatic carbocycles. The number of aliphatic carboxylic acids is 1. The van der Waals surface area contributed by atoms with E-state index in [0.717, 1.165) is 12.8 Å². The molecule has 0 aromatic heterocycles. The third-order valence-electron chi connectivity index (χ3n) is 2.26. The zero-order valence-corrected chi connectivity index (χ0v) is 7.49. The van der Waals surface area contributed by atoms with E-state index in [0.29, 0.717) is 13.2 Å². The molecule has 1 aliphatic rings. The Morgan fingerprint density at radius 3 is 2.38 bits per heavy atom. The van der Waals surface area contributed by atoms with Crippen molar-refractivity contribution >= 4 is 11.8 Å². The summed E-state index contributed by atoms with van der Waals surface area (Å²) in [5.74, 6) is -0.792. The largest absolute Gasteiger partial charge is 0.481 e. The summed E-state index contributed by atoms with van der Waals surface area (Å²) in [5.41, 5.74) is 0. The molecule has 0 spiro atoms. The molecule has 0 bridgehead atoms. The first-order valence-electron chi connectivity index (χ1n) is 4.52. The summed E-state index contributed by atoms with van der Waals surface area (Å²) in [4.78, 5) is 21.6. The van der Waals surface area contributed by atoms with Gasteiger partial charge in [-0.2, -0.15) is 0 Å². The number of Topliss-reactive ketones (excluding diaryl/α,β-unsaturated/α-hetero) is 1. The molecule has 0 aromatic rings. The maximum atomic E-state index is 11.4. The number of carboxylic acid groups (broad SMARTS) is 1. The quantitative estimate of drug-likeness (QED) is 0.706. The van der Waals surface area contributed by atoms with Crippen LogP contribution in [0, 0.1) is 5.92 Å². The van der Waals surface area contributed by atoms with Gasteiger partial charge in [-0.25, -0.2) is 0 Å². The summed E-state index contributed by atoms with van der Waals surface area (Å²) in [6.45, 7) is 1.26. The fourth-order valence-electron chi connectivity index (χ4n) is 1.45. The maximum Gasteiger partial charge on any atom is 0.303 e. The van der Waals surface area contributed by atoms with Crippen LogP contribution in [0.15, 0.2) is 0 Å². The van der Waals surface area contributed by atoms with Crippen molar-refractivity contribution in [1.82, 2.24) is 0 Å². The molecule has 4 heteroatoms. The van der Waals surface area contributed by atoms with Crippen LogP contribution >= 0.6 is 0 Å². The van der Waals surface area contributed by atoms with Gasteiger partial charge in [-0.05, 0) is 12.8 Å². The highest BCUT2D eigenvalue weighted by Gasteiger charge is 2.21. The predicted molar refractivity (Wildman–Crippen MR) is 45.4 cm³/mol. The van der Waals surface area contributed by atoms with Crippen LogP contribution in [0.3, 0.4) is 0 Å². The topological polar surface area (TPSA) is 63.6 Å². The molecular weight excluding hydrogens is 172 g/mol. The second kappa shape index (κ2) is 4.97. The number of carbonyl (C=O) groups is 2. The molecule has 0 unspecified atom stereocenters. The monoisotopic (exact) mass is 186 g/mol. The normalized spacial score (nSPS) is 18.5. The number of carboxylic acids is 1. The molecule has 0 radical (unpaired) electrons. The van der Waals surface area contributed by atoms with Gasteiger partial charge in [0, 0.05) is 25.6 Å². The Kier molecular flexibility index (Phi) is 3.89. The first-order valence-corrected chi connectivity index (χ1v) is 4.52. The first kappa shape index (κ1) is 10.2. The lowest BCUT2D eigenvalue weighted by atomic mass is 9.93. The molecule has 0 saturated carbocycles. The highest BCUT2D eigenvalue weighted by atomic mass is 16.5. The van der Waals surface area contributed by atoms with Crippen LogP contribution in [0.4, 0.5) is 0 Å². The highest BCUT2D eigenvalue weighted by molar-refractivity contribution is 5.84. The van der Waals surface area contributed by atoms with E-state index in [2.05, 4.69) is 0 Å². The lowest BCUT2D eigenvalue weighted by Crippen LogP contribution is -2.23. The minimum absolute atomic E-state index is 0.0353. The number of hydrogen-bond acceptors (Lipinski definition) is 3. The number of hydrogen-bond donors (Lipinski definition) is 1. The van der Waals surface area contributed by atoms with Crippen LogP contribution in [0.25, 0.3) is 0 Å². The van der Waals surface area contributed by atoms with E-state index in [1.807, 2.05) is 0 Å². The van der Waals surface area contributed by atoms with Gasteiger partial charge in [0.1, 0.15) is 5.78 Å². The molecule has 13 heavy (non-hydrogen) atoms. The van der Waals surface area contributed by atoms with Crippen LogP contribution in [0.1, 0.15) is 25.7 Å². The first-order chi connectivity index (χ1) is 6.20. The number of carbonyl (C=O) groups excluding carboxylic acids is 1. The van der Waals surface area contributed by atoms with Crippen molar-refractivity contribution in [2.24, 2.45) is 5.92 Å². The molecule has 1 heterocycles. The summed E-state index contributed by atoms with van der Waals surface area (Å²) in [6, 6.07) is 0. The fraction of sp³-hybridized carbons (Fsp3) is 0.778. The van der Waals surface area contributed by atoms with E-state index >= 15 is 0 Å².